The standard InChI is InChI=1S/C27H39N3O6SSi/c1-17(12-18-8-10-21-20(13-18)15-23(29-21)26(32)33)28-16-25(36-38(6,7)27(2,3)4)19-9-11-24(31)22(14-19)30-37(5,34)35/h8-11,13-15,17,25,28-31H,12,16H2,1-7H3,(H,32,33)/t17-,25+/m1/s1. The molecule has 0 aliphatic rings. The van der Waals surface area contributed by atoms with E-state index in [9.17, 15) is 23.4 Å². The number of aromatic hydroxyl groups is 1. The van der Waals surface area contributed by atoms with Crippen molar-refractivity contribution in [3.63, 3.8) is 0 Å². The van der Waals surface area contributed by atoms with Gasteiger partial charge in [-0.2, -0.15) is 0 Å². The van der Waals surface area contributed by atoms with E-state index in [0.29, 0.717) is 13.0 Å². The zero-order chi connectivity index (χ0) is 28.5. The van der Waals surface area contributed by atoms with Crippen LogP contribution in [-0.2, 0) is 20.9 Å². The molecule has 0 unspecified atom stereocenters. The molecule has 1 aromatic heterocycles. The molecular weight excluding hydrogens is 522 g/mol. The second kappa shape index (κ2) is 11.1. The van der Waals surface area contributed by atoms with Crippen molar-refractivity contribution in [1.29, 1.82) is 0 Å². The third-order valence-corrected chi connectivity index (χ3v) is 12.1. The average molecular weight is 562 g/mol. The molecule has 0 saturated carbocycles. The molecule has 0 fully saturated rings. The number of aromatic amines is 1. The van der Waals surface area contributed by atoms with Crippen LogP contribution in [0.1, 0.15) is 55.4 Å². The van der Waals surface area contributed by atoms with Crippen LogP contribution >= 0.6 is 0 Å². The highest BCUT2D eigenvalue weighted by atomic mass is 32.2. The zero-order valence-corrected chi connectivity index (χ0v) is 24.9. The second-order valence-electron chi connectivity index (χ2n) is 11.4. The summed E-state index contributed by atoms with van der Waals surface area (Å²) in [6.07, 6.45) is 1.39. The van der Waals surface area contributed by atoms with Crippen molar-refractivity contribution in [2.75, 3.05) is 17.5 Å². The average Bonchev–Trinajstić information content (AvgIpc) is 3.20. The molecule has 3 aromatic rings. The van der Waals surface area contributed by atoms with Crippen LogP contribution in [0.25, 0.3) is 10.9 Å². The number of nitrogens with one attached hydrogen (secondary N) is 3. The van der Waals surface area contributed by atoms with Gasteiger partial charge >= 0.3 is 5.97 Å². The fourth-order valence-corrected chi connectivity index (χ4v) is 5.80. The van der Waals surface area contributed by atoms with Gasteiger partial charge in [0.15, 0.2) is 8.32 Å². The number of hydrogen-bond acceptors (Lipinski definition) is 6. The number of carboxylic acid groups (broad SMARTS) is 1. The summed E-state index contributed by atoms with van der Waals surface area (Å²) < 4.78 is 32.8. The third-order valence-electron chi connectivity index (χ3n) is 7.04. The zero-order valence-electron chi connectivity index (χ0n) is 23.0. The molecule has 5 N–H and O–H groups in total. The summed E-state index contributed by atoms with van der Waals surface area (Å²) in [5.41, 5.74) is 2.88. The molecule has 0 amide bonds. The Morgan fingerprint density at radius 3 is 2.42 bits per heavy atom. The van der Waals surface area contributed by atoms with Gasteiger partial charge in [0, 0.05) is 23.5 Å². The number of carbonyl (C=O) groups is 1. The second-order valence-corrected chi connectivity index (χ2v) is 17.9. The number of rotatable bonds is 11. The van der Waals surface area contributed by atoms with Crippen LogP contribution in [0.2, 0.25) is 18.1 Å². The van der Waals surface area contributed by atoms with E-state index in [4.69, 9.17) is 4.43 Å². The van der Waals surface area contributed by atoms with Gasteiger partial charge in [-0.3, -0.25) is 4.72 Å². The van der Waals surface area contributed by atoms with Gasteiger partial charge in [-0.15, -0.1) is 0 Å². The van der Waals surface area contributed by atoms with Gasteiger partial charge in [-0.05, 0) is 72.9 Å². The summed E-state index contributed by atoms with van der Waals surface area (Å²) in [4.78, 5) is 14.2. The van der Waals surface area contributed by atoms with Gasteiger partial charge < -0.3 is 24.9 Å². The summed E-state index contributed by atoms with van der Waals surface area (Å²) in [5.74, 6) is -1.15. The number of aromatic carboxylic acids is 1. The molecule has 0 bridgehead atoms. The molecule has 2 aromatic carbocycles. The normalized spacial score (nSPS) is 14.4. The van der Waals surface area contributed by atoms with Crippen molar-refractivity contribution in [2.24, 2.45) is 0 Å². The van der Waals surface area contributed by atoms with Crippen molar-refractivity contribution in [3.8, 4) is 5.75 Å². The lowest BCUT2D eigenvalue weighted by Gasteiger charge is -2.40. The maximum Gasteiger partial charge on any atom is 0.352 e. The maximum absolute atomic E-state index is 11.8. The highest BCUT2D eigenvalue weighted by Crippen LogP contribution is 2.40. The summed E-state index contributed by atoms with van der Waals surface area (Å²) in [5, 5.41) is 23.8. The number of phenolic OH excluding ortho intramolecular Hbond substituents is 1. The minimum Gasteiger partial charge on any atom is -0.506 e. The lowest BCUT2D eigenvalue weighted by atomic mass is 10.0. The number of anilines is 1. The van der Waals surface area contributed by atoms with Crippen LogP contribution in [0.15, 0.2) is 42.5 Å². The predicted molar refractivity (Wildman–Crippen MR) is 154 cm³/mol. The third kappa shape index (κ3) is 7.59. The van der Waals surface area contributed by atoms with Crippen molar-refractivity contribution >= 4 is 40.9 Å². The van der Waals surface area contributed by atoms with Gasteiger partial charge in [0.1, 0.15) is 11.4 Å². The molecule has 9 nitrogen and oxygen atoms in total. The highest BCUT2D eigenvalue weighted by Gasteiger charge is 2.39. The van der Waals surface area contributed by atoms with E-state index in [2.05, 4.69) is 55.8 Å². The molecular formula is C27H39N3O6SSi. The van der Waals surface area contributed by atoms with Gasteiger partial charge in [0.2, 0.25) is 10.0 Å². The Bertz CT molecular complexity index is 1410. The molecule has 0 aliphatic carbocycles. The molecule has 3 rings (SSSR count). The van der Waals surface area contributed by atoms with Crippen LogP contribution in [0.4, 0.5) is 5.69 Å². The Morgan fingerprint density at radius 2 is 1.82 bits per heavy atom. The Morgan fingerprint density at radius 1 is 1.13 bits per heavy atom. The Balaban J connectivity index is 1.81. The van der Waals surface area contributed by atoms with E-state index >= 15 is 0 Å². The first kappa shape index (κ1) is 29.7. The number of hydrogen-bond donors (Lipinski definition) is 5. The molecule has 11 heteroatoms. The minimum absolute atomic E-state index is 0.0393. The summed E-state index contributed by atoms with van der Waals surface area (Å²) in [6, 6.07) is 12.4. The summed E-state index contributed by atoms with van der Waals surface area (Å²) in [7, 11) is -5.78. The SMILES string of the molecule is C[C@H](Cc1ccc2[nH]c(C(=O)O)cc2c1)NC[C@H](O[Si](C)(C)C(C)(C)C)c1ccc(O)c(NS(C)(=O)=O)c1. The number of fused-ring (bicyclic) bond motifs is 1. The lowest BCUT2D eigenvalue weighted by molar-refractivity contribution is 0.0691. The molecule has 38 heavy (non-hydrogen) atoms. The van der Waals surface area contributed by atoms with Gasteiger partial charge in [-0.25, -0.2) is 13.2 Å². The molecule has 0 radical (unpaired) electrons. The van der Waals surface area contributed by atoms with E-state index < -0.39 is 24.3 Å². The van der Waals surface area contributed by atoms with Crippen molar-refractivity contribution in [3.05, 3.63) is 59.3 Å². The number of phenols is 1. The van der Waals surface area contributed by atoms with E-state index in [1.54, 1.807) is 18.2 Å². The molecule has 0 spiro atoms. The van der Waals surface area contributed by atoms with Crippen molar-refractivity contribution < 1.29 is 27.9 Å². The van der Waals surface area contributed by atoms with Crippen molar-refractivity contribution in [2.45, 2.75) is 64.4 Å². The number of benzene rings is 2. The van der Waals surface area contributed by atoms with Crippen LogP contribution in [-0.4, -0.2) is 56.7 Å². The first-order valence-electron chi connectivity index (χ1n) is 12.5. The van der Waals surface area contributed by atoms with Gasteiger partial charge in [0.25, 0.3) is 0 Å². The van der Waals surface area contributed by atoms with Crippen LogP contribution in [0.3, 0.4) is 0 Å². The van der Waals surface area contributed by atoms with E-state index in [-0.39, 0.29) is 34.3 Å². The largest absolute Gasteiger partial charge is 0.506 e. The molecule has 1 heterocycles. The Kier molecular flexibility index (Phi) is 8.66. The first-order valence-corrected chi connectivity index (χ1v) is 17.3. The Hall–Kier alpha value is -2.86. The number of H-pyrrole nitrogens is 1. The minimum atomic E-state index is -3.57. The maximum atomic E-state index is 11.8. The molecule has 208 valence electrons. The van der Waals surface area contributed by atoms with E-state index in [1.807, 2.05) is 18.2 Å². The topological polar surface area (TPSA) is 141 Å². The van der Waals surface area contributed by atoms with E-state index in [1.165, 1.54) is 6.07 Å². The highest BCUT2D eigenvalue weighted by molar-refractivity contribution is 7.92. The van der Waals surface area contributed by atoms with Crippen LogP contribution in [0, 0.1) is 0 Å². The summed E-state index contributed by atoms with van der Waals surface area (Å²) in [6.45, 7) is 13.4. The number of sulfonamides is 1. The molecule has 0 aliphatic heterocycles. The lowest BCUT2D eigenvalue weighted by Crippen LogP contribution is -2.44. The van der Waals surface area contributed by atoms with Crippen LogP contribution in [0.5, 0.6) is 5.75 Å². The first-order chi connectivity index (χ1) is 17.4. The molecule has 2 atom stereocenters. The smallest absolute Gasteiger partial charge is 0.352 e. The van der Waals surface area contributed by atoms with Crippen molar-refractivity contribution in [1.82, 2.24) is 10.3 Å². The fraction of sp³-hybridized carbons (Fsp3) is 0.444. The fourth-order valence-electron chi connectivity index (χ4n) is 3.95. The monoisotopic (exact) mass is 561 g/mol. The van der Waals surface area contributed by atoms with E-state index in [0.717, 1.165) is 28.3 Å². The van der Waals surface area contributed by atoms with Crippen LogP contribution < -0.4 is 10.0 Å². The van der Waals surface area contributed by atoms with Gasteiger partial charge in [-0.1, -0.05) is 32.9 Å². The molecule has 0 saturated heterocycles. The Labute approximate surface area is 225 Å². The van der Waals surface area contributed by atoms with Gasteiger partial charge in [0.05, 0.1) is 18.0 Å². The number of aromatic nitrogens is 1. The number of carboxylic acids is 1. The quantitative estimate of drug-likeness (QED) is 0.159. The predicted octanol–water partition coefficient (Wildman–Crippen LogP) is 5.23. The summed E-state index contributed by atoms with van der Waals surface area (Å²) >= 11 is 0.